The third kappa shape index (κ3) is 10.1. The average Bonchev–Trinajstić information content (AvgIpc) is 2.19. The number of amides is 1. The van der Waals surface area contributed by atoms with Crippen molar-refractivity contribution in [2.45, 2.75) is 33.2 Å². The van der Waals surface area contributed by atoms with Crippen LogP contribution in [0.4, 0.5) is 13.2 Å². The van der Waals surface area contributed by atoms with Crippen LogP contribution in [-0.2, 0) is 9.53 Å². The van der Waals surface area contributed by atoms with Crippen LogP contribution < -0.4 is 10.6 Å². The molecule has 0 aromatic rings. The van der Waals surface area contributed by atoms with Gasteiger partial charge in [0, 0.05) is 13.1 Å². The van der Waals surface area contributed by atoms with Crippen molar-refractivity contribution in [1.82, 2.24) is 10.6 Å². The van der Waals surface area contributed by atoms with Crippen molar-refractivity contribution in [3.05, 3.63) is 0 Å². The highest BCUT2D eigenvalue weighted by Gasteiger charge is 2.28. The van der Waals surface area contributed by atoms with Gasteiger partial charge in [0.25, 0.3) is 0 Å². The molecule has 0 aliphatic heterocycles. The van der Waals surface area contributed by atoms with Gasteiger partial charge in [0.05, 0.1) is 12.6 Å². The number of halogens is 3. The summed E-state index contributed by atoms with van der Waals surface area (Å²) in [6.07, 6.45) is -4.62. The van der Waals surface area contributed by atoms with Crippen molar-refractivity contribution < 1.29 is 22.7 Å². The molecule has 102 valence electrons. The van der Waals surface area contributed by atoms with E-state index in [0.717, 1.165) is 0 Å². The van der Waals surface area contributed by atoms with Crippen LogP contribution in [0.5, 0.6) is 0 Å². The Kier molecular flexibility index (Phi) is 7.13. The predicted molar refractivity (Wildman–Crippen MR) is 57.3 cm³/mol. The molecule has 0 aromatic heterocycles. The molecule has 7 heteroatoms. The summed E-state index contributed by atoms with van der Waals surface area (Å²) in [5.41, 5.74) is 0. The molecule has 0 heterocycles. The fraction of sp³-hybridized carbons (Fsp3) is 0.900. The summed E-state index contributed by atoms with van der Waals surface area (Å²) < 4.78 is 38.4. The van der Waals surface area contributed by atoms with E-state index in [0.29, 0.717) is 12.5 Å². The number of carbonyl (C=O) groups excluding carboxylic acids is 1. The Labute approximate surface area is 98.9 Å². The molecule has 0 rings (SSSR count). The summed E-state index contributed by atoms with van der Waals surface area (Å²) in [6, 6.07) is -0.536. The maximum atomic E-state index is 11.6. The highest BCUT2D eigenvalue weighted by Crippen LogP contribution is 2.15. The normalized spacial score (nSPS) is 13.8. The summed E-state index contributed by atoms with van der Waals surface area (Å²) in [5.74, 6) is 0.102. The van der Waals surface area contributed by atoms with Gasteiger partial charge >= 0.3 is 6.36 Å². The van der Waals surface area contributed by atoms with E-state index in [1.807, 2.05) is 13.8 Å². The molecule has 1 unspecified atom stereocenters. The molecule has 2 N–H and O–H groups in total. The largest absolute Gasteiger partial charge is 0.522 e. The van der Waals surface area contributed by atoms with Crippen molar-refractivity contribution in [1.29, 1.82) is 0 Å². The minimum atomic E-state index is -4.62. The average molecular weight is 256 g/mol. The molecule has 0 aromatic carbocycles. The highest BCUT2D eigenvalue weighted by atomic mass is 19.4. The van der Waals surface area contributed by atoms with Gasteiger partial charge in [-0.2, -0.15) is 0 Å². The van der Waals surface area contributed by atoms with Gasteiger partial charge in [-0.3, -0.25) is 9.53 Å². The summed E-state index contributed by atoms with van der Waals surface area (Å²) in [6.45, 7) is 5.50. The zero-order valence-electron chi connectivity index (χ0n) is 10.2. The second-order valence-electron chi connectivity index (χ2n) is 4.11. The van der Waals surface area contributed by atoms with Crippen LogP contribution in [-0.4, -0.2) is 38.0 Å². The quantitative estimate of drug-likeness (QED) is 0.674. The van der Waals surface area contributed by atoms with E-state index >= 15 is 0 Å². The molecule has 0 bridgehead atoms. The Bertz CT molecular complexity index is 232. The smallest absolute Gasteiger partial charge is 0.354 e. The highest BCUT2D eigenvalue weighted by molar-refractivity contribution is 5.81. The third-order valence-corrected chi connectivity index (χ3v) is 1.90. The van der Waals surface area contributed by atoms with Crippen LogP contribution in [0.25, 0.3) is 0 Å². The Balaban J connectivity index is 3.64. The number of hydrogen-bond acceptors (Lipinski definition) is 3. The number of hydrogen-bond donors (Lipinski definition) is 2. The minimum Gasteiger partial charge on any atom is -0.354 e. The third-order valence-electron chi connectivity index (χ3n) is 1.90. The molecule has 0 fully saturated rings. The molecule has 17 heavy (non-hydrogen) atoms. The van der Waals surface area contributed by atoms with E-state index in [1.54, 1.807) is 6.92 Å². The Hall–Kier alpha value is -0.820. The van der Waals surface area contributed by atoms with Gasteiger partial charge in [-0.1, -0.05) is 13.8 Å². The summed E-state index contributed by atoms with van der Waals surface area (Å²) in [7, 11) is 0. The second kappa shape index (κ2) is 7.50. The molecule has 0 aliphatic rings. The van der Waals surface area contributed by atoms with Gasteiger partial charge in [-0.05, 0) is 12.8 Å². The van der Waals surface area contributed by atoms with Gasteiger partial charge in [0.2, 0.25) is 5.91 Å². The maximum Gasteiger partial charge on any atom is 0.522 e. The van der Waals surface area contributed by atoms with Crippen molar-refractivity contribution in [3.63, 3.8) is 0 Å². The first-order chi connectivity index (χ1) is 7.72. The summed E-state index contributed by atoms with van der Waals surface area (Å²) in [4.78, 5) is 11.4. The van der Waals surface area contributed by atoms with Crippen LogP contribution in [0.2, 0.25) is 0 Å². The van der Waals surface area contributed by atoms with E-state index in [4.69, 9.17) is 0 Å². The zero-order chi connectivity index (χ0) is 13.5. The van der Waals surface area contributed by atoms with E-state index in [1.165, 1.54) is 0 Å². The Morgan fingerprint density at radius 3 is 2.35 bits per heavy atom. The first kappa shape index (κ1) is 16.2. The molecule has 0 radical (unpaired) electrons. The predicted octanol–water partition coefficient (Wildman–Crippen LogP) is 1.27. The van der Waals surface area contributed by atoms with Crippen molar-refractivity contribution in [2.24, 2.45) is 5.92 Å². The van der Waals surface area contributed by atoms with Gasteiger partial charge < -0.3 is 10.6 Å². The molecule has 0 saturated carbocycles. The van der Waals surface area contributed by atoms with Crippen molar-refractivity contribution >= 4 is 5.91 Å². The molecular formula is C10H19F3N2O2. The summed E-state index contributed by atoms with van der Waals surface area (Å²) >= 11 is 0. The Morgan fingerprint density at radius 1 is 1.29 bits per heavy atom. The first-order valence-corrected chi connectivity index (χ1v) is 5.44. The fourth-order valence-electron chi connectivity index (χ4n) is 0.993. The lowest BCUT2D eigenvalue weighted by Gasteiger charge is -2.15. The lowest BCUT2D eigenvalue weighted by atomic mass is 10.2. The van der Waals surface area contributed by atoms with Crippen molar-refractivity contribution in [2.75, 3.05) is 19.7 Å². The van der Waals surface area contributed by atoms with E-state index < -0.39 is 19.0 Å². The number of ether oxygens (including phenoxy) is 1. The SMILES string of the molecule is CC(C)CNC(=O)C(C)NCCOC(F)(F)F. The van der Waals surface area contributed by atoms with E-state index in [2.05, 4.69) is 15.4 Å². The number of carbonyl (C=O) groups is 1. The molecule has 0 saturated heterocycles. The van der Waals surface area contributed by atoms with Gasteiger partial charge in [0.15, 0.2) is 0 Å². The van der Waals surface area contributed by atoms with Crippen molar-refractivity contribution in [3.8, 4) is 0 Å². The topological polar surface area (TPSA) is 50.4 Å². The van der Waals surface area contributed by atoms with Gasteiger partial charge in [-0.25, -0.2) is 0 Å². The zero-order valence-corrected chi connectivity index (χ0v) is 10.2. The molecule has 1 amide bonds. The van der Waals surface area contributed by atoms with Crippen LogP contribution in [0.15, 0.2) is 0 Å². The summed E-state index contributed by atoms with van der Waals surface area (Å²) in [5, 5.41) is 5.32. The van der Waals surface area contributed by atoms with Crippen LogP contribution in [0.3, 0.4) is 0 Å². The van der Waals surface area contributed by atoms with E-state index in [-0.39, 0.29) is 12.5 Å². The molecular weight excluding hydrogens is 237 g/mol. The lowest BCUT2D eigenvalue weighted by molar-refractivity contribution is -0.323. The number of rotatable bonds is 7. The lowest BCUT2D eigenvalue weighted by Crippen LogP contribution is -2.44. The van der Waals surface area contributed by atoms with Gasteiger partial charge in [-0.15, -0.1) is 13.2 Å². The van der Waals surface area contributed by atoms with E-state index in [9.17, 15) is 18.0 Å². The molecule has 1 atom stereocenters. The monoisotopic (exact) mass is 256 g/mol. The molecule has 0 aliphatic carbocycles. The van der Waals surface area contributed by atoms with Crippen LogP contribution in [0, 0.1) is 5.92 Å². The number of nitrogens with one attached hydrogen (secondary N) is 2. The standard InChI is InChI=1S/C10H19F3N2O2/c1-7(2)6-15-9(16)8(3)14-4-5-17-10(11,12)13/h7-8,14H,4-6H2,1-3H3,(H,15,16). The second-order valence-corrected chi connectivity index (χ2v) is 4.11. The van der Waals surface area contributed by atoms with Crippen LogP contribution >= 0.6 is 0 Å². The number of alkyl halides is 3. The Morgan fingerprint density at radius 2 is 1.88 bits per heavy atom. The van der Waals surface area contributed by atoms with Gasteiger partial charge in [0.1, 0.15) is 0 Å². The minimum absolute atomic E-state index is 0.0320. The maximum absolute atomic E-state index is 11.6. The first-order valence-electron chi connectivity index (χ1n) is 5.44. The molecule has 0 spiro atoms. The van der Waals surface area contributed by atoms with Crippen LogP contribution in [0.1, 0.15) is 20.8 Å². The molecule has 4 nitrogen and oxygen atoms in total. The fourth-order valence-corrected chi connectivity index (χ4v) is 0.993.